The van der Waals surface area contributed by atoms with E-state index in [0.29, 0.717) is 27.9 Å². The lowest BCUT2D eigenvalue weighted by Crippen LogP contribution is -2.46. The minimum Gasteiger partial charge on any atom is -0.379 e. The van der Waals surface area contributed by atoms with Crippen LogP contribution < -0.4 is 15.4 Å². The Bertz CT molecular complexity index is 1500. The third-order valence-electron chi connectivity index (χ3n) is 9.76. The number of nitrogens with zero attached hydrogens (tertiary/aromatic N) is 6. The normalized spacial score (nSPS) is 21.6. The molecule has 3 aliphatic rings. The molecular weight excluding hydrogens is 548 g/mol. The van der Waals surface area contributed by atoms with Gasteiger partial charge in [0.05, 0.1) is 24.4 Å². The molecule has 9 heteroatoms. The summed E-state index contributed by atoms with van der Waals surface area (Å²) in [6, 6.07) is 15.6. The van der Waals surface area contributed by atoms with Crippen molar-refractivity contribution in [2.45, 2.75) is 63.6 Å². The largest absolute Gasteiger partial charge is 0.379 e. The van der Waals surface area contributed by atoms with Crippen LogP contribution in [0.2, 0.25) is 5.15 Å². The molecule has 2 aliphatic carbocycles. The van der Waals surface area contributed by atoms with Crippen LogP contribution in [0, 0.1) is 17.2 Å². The average molecular weight is 589 g/mol. The predicted molar refractivity (Wildman–Crippen MR) is 168 cm³/mol. The number of hydrogen-bond donors (Lipinski definition) is 0. The van der Waals surface area contributed by atoms with Crippen molar-refractivity contribution in [1.82, 2.24) is 14.5 Å². The maximum absolute atomic E-state index is 13.1. The molecule has 3 fully saturated rings. The van der Waals surface area contributed by atoms with Crippen molar-refractivity contribution in [3.63, 3.8) is 0 Å². The number of morpholine rings is 1. The SMILES string of the molecule is CN(c1c(C#N)c(=O)n(C)c2ccc(Cl)nc12)C1CCC(N(CC2CCC2)c2ccc(CN3CCOCC3)cc2)CC1. The number of fused-ring (bicyclic) bond motifs is 1. The van der Waals surface area contributed by atoms with Gasteiger partial charge in [-0.1, -0.05) is 30.2 Å². The first-order chi connectivity index (χ1) is 20.4. The fraction of sp³-hybridized carbons (Fsp3) is 0.545. The maximum atomic E-state index is 13.1. The van der Waals surface area contributed by atoms with Crippen molar-refractivity contribution in [1.29, 1.82) is 5.26 Å². The highest BCUT2D eigenvalue weighted by molar-refractivity contribution is 6.29. The van der Waals surface area contributed by atoms with Crippen LogP contribution >= 0.6 is 11.6 Å². The third kappa shape index (κ3) is 5.88. The summed E-state index contributed by atoms with van der Waals surface area (Å²) in [5.74, 6) is 0.777. The fourth-order valence-electron chi connectivity index (χ4n) is 6.98. The second kappa shape index (κ2) is 12.6. The van der Waals surface area contributed by atoms with Gasteiger partial charge < -0.3 is 19.1 Å². The van der Waals surface area contributed by atoms with Gasteiger partial charge in [0.15, 0.2) is 0 Å². The van der Waals surface area contributed by atoms with E-state index < -0.39 is 0 Å². The Morgan fingerprint density at radius 2 is 1.71 bits per heavy atom. The van der Waals surface area contributed by atoms with Crippen molar-refractivity contribution in [3.05, 3.63) is 63.0 Å². The highest BCUT2D eigenvalue weighted by Gasteiger charge is 2.32. The Labute approximate surface area is 253 Å². The van der Waals surface area contributed by atoms with E-state index in [-0.39, 0.29) is 17.2 Å². The van der Waals surface area contributed by atoms with Gasteiger partial charge in [-0.3, -0.25) is 9.69 Å². The summed E-state index contributed by atoms with van der Waals surface area (Å²) in [7, 11) is 3.68. The van der Waals surface area contributed by atoms with Crippen molar-refractivity contribution < 1.29 is 4.74 Å². The molecule has 2 aromatic heterocycles. The average Bonchev–Trinajstić information content (AvgIpc) is 2.99. The van der Waals surface area contributed by atoms with E-state index in [1.54, 1.807) is 13.1 Å². The first-order valence-corrected chi connectivity index (χ1v) is 15.8. The first-order valence-electron chi connectivity index (χ1n) is 15.4. The molecule has 1 aromatic carbocycles. The van der Waals surface area contributed by atoms with Crippen LogP contribution in [0.4, 0.5) is 11.4 Å². The van der Waals surface area contributed by atoms with Crippen LogP contribution in [0.15, 0.2) is 41.2 Å². The molecule has 0 bridgehead atoms. The summed E-state index contributed by atoms with van der Waals surface area (Å²) < 4.78 is 7.01. The van der Waals surface area contributed by atoms with Crippen molar-refractivity contribution in [2.75, 3.05) is 49.7 Å². The second-order valence-corrected chi connectivity index (χ2v) is 12.7. The fourth-order valence-corrected chi connectivity index (χ4v) is 7.13. The van der Waals surface area contributed by atoms with Crippen molar-refractivity contribution in [2.24, 2.45) is 13.0 Å². The van der Waals surface area contributed by atoms with Gasteiger partial charge in [-0.15, -0.1) is 0 Å². The van der Waals surface area contributed by atoms with Gasteiger partial charge in [-0.25, -0.2) is 4.98 Å². The Kier molecular flexibility index (Phi) is 8.71. The number of aromatic nitrogens is 2. The lowest BCUT2D eigenvalue weighted by Gasteiger charge is -2.44. The number of ether oxygens (including phenoxy) is 1. The van der Waals surface area contributed by atoms with Gasteiger partial charge in [-0.2, -0.15) is 5.26 Å². The van der Waals surface area contributed by atoms with E-state index in [4.69, 9.17) is 16.3 Å². The molecule has 0 unspecified atom stereocenters. The minimum atomic E-state index is -0.298. The molecule has 8 nitrogen and oxygen atoms in total. The predicted octanol–water partition coefficient (Wildman–Crippen LogP) is 5.34. The number of aryl methyl sites for hydroxylation is 1. The summed E-state index contributed by atoms with van der Waals surface area (Å²) in [6.45, 7) is 5.74. The standard InChI is InChI=1S/C33H41ClN6O2/c1-37(32-28(20-35)33(41)38(2)29-14-15-30(34)36-31(29)32)25-10-12-27(13-11-25)40(22-23-4-3-5-23)26-8-6-24(7-9-26)21-39-16-18-42-19-17-39/h6-9,14-15,23,25,27H,3-5,10-13,16-19,21-22H2,1-2H3. The molecule has 222 valence electrons. The molecular formula is C33H41ClN6O2. The summed E-state index contributed by atoms with van der Waals surface area (Å²) in [5.41, 5.74) is 4.41. The zero-order valence-electron chi connectivity index (χ0n) is 24.8. The highest BCUT2D eigenvalue weighted by Crippen LogP contribution is 2.37. The summed E-state index contributed by atoms with van der Waals surface area (Å²) >= 11 is 6.28. The van der Waals surface area contributed by atoms with Gasteiger partial charge in [0.25, 0.3) is 5.56 Å². The highest BCUT2D eigenvalue weighted by atomic mass is 35.5. The lowest BCUT2D eigenvalue weighted by atomic mass is 9.83. The number of halogens is 1. The number of anilines is 2. The van der Waals surface area contributed by atoms with Crippen LogP contribution in [0.3, 0.4) is 0 Å². The van der Waals surface area contributed by atoms with E-state index in [1.807, 2.05) is 13.1 Å². The molecule has 0 radical (unpaired) electrons. The molecule has 0 spiro atoms. The number of pyridine rings is 2. The first kappa shape index (κ1) is 29.0. The molecule has 3 heterocycles. The van der Waals surface area contributed by atoms with Gasteiger partial charge in [0.2, 0.25) is 0 Å². The summed E-state index contributed by atoms with van der Waals surface area (Å²) in [4.78, 5) is 25.0. The van der Waals surface area contributed by atoms with E-state index in [2.05, 4.69) is 50.0 Å². The molecule has 0 N–H and O–H groups in total. The number of nitriles is 1. The Morgan fingerprint density at radius 3 is 2.36 bits per heavy atom. The number of hydrogen-bond acceptors (Lipinski definition) is 7. The van der Waals surface area contributed by atoms with E-state index in [1.165, 1.54) is 35.1 Å². The molecule has 1 aliphatic heterocycles. The number of benzene rings is 1. The zero-order valence-corrected chi connectivity index (χ0v) is 25.5. The van der Waals surface area contributed by atoms with Crippen LogP contribution in [0.5, 0.6) is 0 Å². The van der Waals surface area contributed by atoms with Crippen molar-refractivity contribution in [3.8, 4) is 6.07 Å². The molecule has 6 rings (SSSR count). The number of rotatable bonds is 8. The topological polar surface area (TPSA) is 77.6 Å². The molecule has 0 atom stereocenters. The van der Waals surface area contributed by atoms with E-state index in [0.717, 1.165) is 71.0 Å². The van der Waals surface area contributed by atoms with Gasteiger partial charge in [0, 0.05) is 58.0 Å². The zero-order chi connectivity index (χ0) is 29.2. The molecule has 42 heavy (non-hydrogen) atoms. The summed E-state index contributed by atoms with van der Waals surface area (Å²) in [5, 5.41) is 10.4. The van der Waals surface area contributed by atoms with Crippen molar-refractivity contribution >= 4 is 34.0 Å². The van der Waals surface area contributed by atoms with E-state index >= 15 is 0 Å². The van der Waals surface area contributed by atoms with Crippen LogP contribution in [-0.2, 0) is 18.3 Å². The molecule has 1 saturated heterocycles. The Morgan fingerprint density at radius 1 is 1.02 bits per heavy atom. The van der Waals surface area contributed by atoms with Gasteiger partial charge >= 0.3 is 0 Å². The second-order valence-electron chi connectivity index (χ2n) is 12.3. The summed E-state index contributed by atoms with van der Waals surface area (Å²) in [6.07, 6.45) is 8.10. The van der Waals surface area contributed by atoms with Crippen LogP contribution in [0.1, 0.15) is 56.1 Å². The van der Waals surface area contributed by atoms with E-state index in [9.17, 15) is 10.1 Å². The monoisotopic (exact) mass is 588 g/mol. The lowest BCUT2D eigenvalue weighted by molar-refractivity contribution is 0.0342. The molecule has 3 aromatic rings. The van der Waals surface area contributed by atoms with Crippen LogP contribution in [0.25, 0.3) is 11.0 Å². The Balaban J connectivity index is 1.19. The quantitative estimate of drug-likeness (QED) is 0.329. The third-order valence-corrected chi connectivity index (χ3v) is 9.97. The van der Waals surface area contributed by atoms with Gasteiger partial charge in [0.1, 0.15) is 22.3 Å². The Hall–Kier alpha value is -3.12. The smallest absolute Gasteiger partial charge is 0.270 e. The molecule has 0 amide bonds. The maximum Gasteiger partial charge on any atom is 0.270 e. The molecule has 2 saturated carbocycles. The minimum absolute atomic E-state index is 0.133. The van der Waals surface area contributed by atoms with Gasteiger partial charge in [-0.05, 0) is 74.3 Å². The van der Waals surface area contributed by atoms with Crippen LogP contribution in [-0.4, -0.2) is 66.4 Å².